The van der Waals surface area contributed by atoms with Crippen LogP contribution in [0.15, 0.2) is 243 Å². The van der Waals surface area contributed by atoms with Crippen molar-refractivity contribution in [2.75, 3.05) is 24.6 Å². The molecule has 0 heterocycles. The molecule has 0 aliphatic heterocycles. The van der Waals surface area contributed by atoms with E-state index in [0.717, 1.165) is 0 Å². The van der Waals surface area contributed by atoms with E-state index in [4.69, 9.17) is 0 Å². The fourth-order valence-corrected chi connectivity index (χ4v) is 17.6. The molecule has 0 radical (unpaired) electrons. The van der Waals surface area contributed by atoms with Crippen LogP contribution in [0.4, 0.5) is 0 Å². The van der Waals surface area contributed by atoms with Crippen molar-refractivity contribution in [2.45, 2.75) is 0 Å². The Hall–Kier alpha value is -3.49. The predicted octanol–water partition coefficient (Wildman–Crippen LogP) is 7.51. The van der Waals surface area contributed by atoms with E-state index in [0.29, 0.717) is 0 Å². The van der Waals surface area contributed by atoms with Crippen LogP contribution in [0.5, 0.6) is 0 Å². The molecule has 0 spiro atoms. The quantitative estimate of drug-likeness (QED) is 0.0783. The number of hydrogen-bond acceptors (Lipinski definition) is 0. The fraction of sp³-hybridized carbons (Fsp3) is 0.0769. The maximum absolute atomic E-state index is 2.30. The minimum atomic E-state index is -0.348. The summed E-state index contributed by atoms with van der Waals surface area (Å²) in [6.07, 6.45) is 4.83. The van der Waals surface area contributed by atoms with Gasteiger partial charge in [-0.2, -0.15) is 0 Å². The Morgan fingerprint density at radius 2 is 0.293 bits per heavy atom. The molecule has 8 rings (SSSR count). The van der Waals surface area contributed by atoms with Crippen LogP contribution < -0.4 is 54.8 Å². The van der Waals surface area contributed by atoms with Gasteiger partial charge in [0.1, 0.15) is 0 Å². The van der Waals surface area contributed by atoms with Crippen LogP contribution in [0.3, 0.4) is 0 Å². The van der Waals surface area contributed by atoms with Crippen LogP contribution in [0.1, 0.15) is 0 Å². The van der Waals surface area contributed by atoms with Gasteiger partial charge in [0.05, 0.1) is 0 Å². The summed E-state index contributed by atoms with van der Waals surface area (Å²) in [6.45, 7) is 0. The molecule has 0 aliphatic rings. The first-order chi connectivity index (χ1) is 27.8. The summed E-state index contributed by atoms with van der Waals surface area (Å²) in [5.41, 5.74) is 0. The van der Waals surface area contributed by atoms with Crippen molar-refractivity contribution in [2.24, 2.45) is 0 Å². The van der Waals surface area contributed by atoms with Gasteiger partial charge in [0.2, 0.25) is 0 Å². The standard InChI is InChI=1S/2C26H24P2.Au.ClH/c2*1-5-13-23(14-6-1)27(24-15-7-2-8-16-24)21-22-28(25-17-9-3-10-18-25)26-19-11-4-12-20-26;;/h2*1-20H,21-22H2;;1H/q;;+1;/p-1. The summed E-state index contributed by atoms with van der Waals surface area (Å²) in [7, 11) is -1.39. The summed E-state index contributed by atoms with van der Waals surface area (Å²) in [4.78, 5) is 0. The predicted molar refractivity (Wildman–Crippen MR) is 256 cm³/mol. The Labute approximate surface area is 373 Å². The van der Waals surface area contributed by atoms with E-state index in [1.165, 1.54) is 67.1 Å². The monoisotopic (exact) mass is 1030 g/mol. The SMILES string of the molecule is [Au+].[Cl-].c1ccc(P(CCP(c2ccccc2)c2ccccc2)c2ccccc2)cc1.c1ccc(P(CCP(c2ccccc2)c2ccccc2)c2ccccc2)cc1. The number of rotatable bonds is 14. The smallest absolute Gasteiger partial charge is 1.00 e. The molecule has 0 nitrogen and oxygen atoms in total. The third-order valence-corrected chi connectivity index (χ3v) is 20.4. The van der Waals surface area contributed by atoms with Crippen molar-refractivity contribution in [1.29, 1.82) is 0 Å². The third-order valence-electron chi connectivity index (χ3n) is 9.64. The van der Waals surface area contributed by atoms with Crippen molar-refractivity contribution in [3.05, 3.63) is 243 Å². The third kappa shape index (κ3) is 13.3. The first-order valence-electron chi connectivity index (χ1n) is 19.3. The fourth-order valence-electron chi connectivity index (χ4n) is 6.89. The Balaban J connectivity index is 0.000000214. The largest absolute Gasteiger partial charge is 1.00 e. The molecule has 0 saturated carbocycles. The maximum atomic E-state index is 2.30. The van der Waals surface area contributed by atoms with Gasteiger partial charge in [0, 0.05) is 0 Å². The maximum Gasteiger partial charge on any atom is 1.00 e. The Morgan fingerprint density at radius 3 is 0.397 bits per heavy atom. The molecule has 6 heteroatoms. The second kappa shape index (κ2) is 25.2. The molecule has 0 amide bonds. The van der Waals surface area contributed by atoms with Crippen molar-refractivity contribution in [3.63, 3.8) is 0 Å². The average molecular weight is 1030 g/mol. The van der Waals surface area contributed by atoms with Crippen LogP contribution in [0, 0.1) is 0 Å². The van der Waals surface area contributed by atoms with Gasteiger partial charge in [0.15, 0.2) is 0 Å². The molecule has 0 N–H and O–H groups in total. The number of halogens is 1. The number of hydrogen-bond donors (Lipinski definition) is 0. The molecule has 8 aromatic carbocycles. The molecule has 8 aromatic rings. The van der Waals surface area contributed by atoms with Gasteiger partial charge in [0.25, 0.3) is 0 Å². The zero-order chi connectivity index (χ0) is 38.0. The second-order valence-corrected chi connectivity index (χ2v) is 22.6. The molecular formula is C52H48AuClP4. The molecule has 0 atom stereocenters. The molecular weight excluding hydrogens is 981 g/mol. The van der Waals surface area contributed by atoms with E-state index in [2.05, 4.69) is 243 Å². The molecule has 0 fully saturated rings. The van der Waals surface area contributed by atoms with Crippen LogP contribution in [0.25, 0.3) is 0 Å². The summed E-state index contributed by atoms with van der Waals surface area (Å²) in [5.74, 6) is 0. The average Bonchev–Trinajstić information content (AvgIpc) is 3.29. The van der Waals surface area contributed by atoms with E-state index in [-0.39, 0.29) is 66.5 Å². The molecule has 0 bridgehead atoms. The van der Waals surface area contributed by atoms with Gasteiger partial charge < -0.3 is 12.4 Å². The van der Waals surface area contributed by atoms with E-state index in [1.807, 2.05) is 0 Å². The minimum Gasteiger partial charge on any atom is -1.00 e. The first-order valence-corrected chi connectivity index (χ1v) is 25.4. The van der Waals surface area contributed by atoms with E-state index in [9.17, 15) is 0 Å². The molecule has 0 unspecified atom stereocenters. The number of benzene rings is 8. The van der Waals surface area contributed by atoms with Crippen LogP contribution in [-0.4, -0.2) is 24.6 Å². The van der Waals surface area contributed by atoms with Crippen LogP contribution in [0.2, 0.25) is 0 Å². The summed E-state index contributed by atoms with van der Waals surface area (Å²) < 4.78 is 0. The van der Waals surface area contributed by atoms with Gasteiger partial charge in [-0.25, -0.2) is 0 Å². The zero-order valence-corrected chi connectivity index (χ0v) is 38.9. The topological polar surface area (TPSA) is 0 Å². The van der Waals surface area contributed by atoms with Crippen molar-refractivity contribution in [1.82, 2.24) is 0 Å². The normalized spacial score (nSPS) is 10.7. The minimum absolute atomic E-state index is 0. The van der Waals surface area contributed by atoms with Gasteiger partial charge in [-0.3, -0.25) is 0 Å². The summed E-state index contributed by atoms with van der Waals surface area (Å²) in [5, 5.41) is 11.8. The summed E-state index contributed by atoms with van der Waals surface area (Å²) in [6, 6.07) is 88.4. The summed E-state index contributed by atoms with van der Waals surface area (Å²) >= 11 is 0. The van der Waals surface area contributed by atoms with Gasteiger partial charge in [-0.1, -0.05) is 243 Å². The Kier molecular flexibility index (Phi) is 19.8. The van der Waals surface area contributed by atoms with Crippen molar-refractivity contribution < 1.29 is 34.8 Å². The first kappa shape index (κ1) is 45.6. The molecule has 0 aromatic heterocycles. The van der Waals surface area contributed by atoms with Crippen molar-refractivity contribution >= 4 is 74.1 Å². The molecule has 58 heavy (non-hydrogen) atoms. The molecule has 294 valence electrons. The van der Waals surface area contributed by atoms with Gasteiger partial charge in [-0.15, -0.1) is 0 Å². The van der Waals surface area contributed by atoms with Gasteiger partial charge >= 0.3 is 22.4 Å². The van der Waals surface area contributed by atoms with Gasteiger partial charge in [-0.05, 0) is 98.8 Å². The van der Waals surface area contributed by atoms with Crippen LogP contribution >= 0.6 is 31.7 Å². The molecule has 0 aliphatic carbocycles. The van der Waals surface area contributed by atoms with E-state index < -0.39 is 0 Å². The van der Waals surface area contributed by atoms with E-state index in [1.54, 1.807) is 0 Å². The Morgan fingerprint density at radius 1 is 0.190 bits per heavy atom. The zero-order valence-electron chi connectivity index (χ0n) is 32.4. The van der Waals surface area contributed by atoms with E-state index >= 15 is 0 Å². The molecule has 0 saturated heterocycles. The Bertz CT molecular complexity index is 1760. The van der Waals surface area contributed by atoms with Crippen LogP contribution in [-0.2, 0) is 22.4 Å². The second-order valence-electron chi connectivity index (χ2n) is 13.3. The van der Waals surface area contributed by atoms with Crippen molar-refractivity contribution in [3.8, 4) is 0 Å².